The Morgan fingerprint density at radius 1 is 1.40 bits per heavy atom. The van der Waals surface area contributed by atoms with Crippen LogP contribution in [0, 0.1) is 0 Å². The molecule has 0 radical (unpaired) electrons. The van der Waals surface area contributed by atoms with Crippen LogP contribution < -0.4 is 0 Å². The summed E-state index contributed by atoms with van der Waals surface area (Å²) in [6.45, 7) is 7.70. The van der Waals surface area contributed by atoms with E-state index < -0.39 is 30.2 Å². The summed E-state index contributed by atoms with van der Waals surface area (Å²) < 4.78 is 34.5. The second-order valence-corrected chi connectivity index (χ2v) is 10.4. The van der Waals surface area contributed by atoms with Crippen molar-refractivity contribution >= 4 is 24.4 Å². The fourth-order valence-corrected chi connectivity index (χ4v) is 2.02. The lowest BCUT2D eigenvalue weighted by molar-refractivity contribution is -0.134. The molecule has 0 aliphatic heterocycles. The Balaban J connectivity index is 4.17. The Bertz CT molecular complexity index is 320. The predicted octanol–water partition coefficient (Wildman–Crippen LogP) is 1.42. The van der Waals surface area contributed by atoms with Gasteiger partial charge in [0.05, 0.1) is 12.2 Å². The summed E-state index contributed by atoms with van der Waals surface area (Å²) in [5.41, 5.74) is 0.271. The quantitative estimate of drug-likeness (QED) is 0.593. The van der Waals surface area contributed by atoms with E-state index in [1.165, 1.54) is 0 Å². The van der Waals surface area contributed by atoms with Crippen LogP contribution >= 0.6 is 0 Å². The first kappa shape index (κ1) is 14.6. The van der Waals surface area contributed by atoms with Crippen molar-refractivity contribution in [2.24, 2.45) is 0 Å². The third-order valence-electron chi connectivity index (χ3n) is 2.33. The second-order valence-electron chi connectivity index (χ2n) is 4.27. The molecule has 90 valence electrons. The van der Waals surface area contributed by atoms with Crippen molar-refractivity contribution in [1.82, 2.24) is 0 Å². The van der Waals surface area contributed by atoms with Crippen molar-refractivity contribution in [3.8, 4) is 0 Å². The van der Waals surface area contributed by atoms with Gasteiger partial charge in [-0.3, -0.25) is 9.35 Å². The predicted molar refractivity (Wildman–Crippen MR) is 59.7 cm³/mol. The fraction of sp³-hybridized carbons (Fsp3) is 0.875. The van der Waals surface area contributed by atoms with Crippen molar-refractivity contribution in [1.29, 1.82) is 0 Å². The molecule has 0 atom stereocenters. The molecule has 0 spiro atoms. The van der Waals surface area contributed by atoms with Gasteiger partial charge in [0.2, 0.25) is 0 Å². The molecule has 0 heterocycles. The van der Waals surface area contributed by atoms with Crippen molar-refractivity contribution in [2.45, 2.75) is 38.9 Å². The number of rotatable bonds is 5. The third kappa shape index (κ3) is 6.64. The van der Waals surface area contributed by atoms with Crippen LogP contribution in [0.1, 0.15) is 20.3 Å². The average Bonchev–Trinajstić information content (AvgIpc) is 1.98. The zero-order valence-corrected chi connectivity index (χ0v) is 11.3. The normalized spacial score (nSPS) is 12.9. The first-order valence-electron chi connectivity index (χ1n) is 4.71. The Kier molecular flexibility index (Phi) is 4.95. The molecule has 5 nitrogen and oxygen atoms in total. The van der Waals surface area contributed by atoms with Crippen molar-refractivity contribution in [3.05, 3.63) is 0 Å². The van der Waals surface area contributed by atoms with E-state index in [9.17, 15) is 13.2 Å². The highest BCUT2D eigenvalue weighted by Crippen LogP contribution is 2.21. The van der Waals surface area contributed by atoms with Gasteiger partial charge >= 0.3 is 0 Å². The van der Waals surface area contributed by atoms with Gasteiger partial charge < -0.3 is 4.43 Å². The molecule has 0 fully saturated rings. The molecule has 0 unspecified atom stereocenters. The van der Waals surface area contributed by atoms with Crippen LogP contribution in [-0.2, 0) is 19.3 Å². The maximum absolute atomic E-state index is 11.2. The Hall–Kier alpha value is -0.403. The van der Waals surface area contributed by atoms with Gasteiger partial charge in [0, 0.05) is 0 Å². The lowest BCUT2D eigenvalue weighted by Crippen LogP contribution is -2.37. The summed E-state index contributed by atoms with van der Waals surface area (Å²) in [6.07, 6.45) is -0.290. The number of carbonyl (C=O) groups is 1. The summed E-state index contributed by atoms with van der Waals surface area (Å²) in [7, 11) is -6.15. The minimum Gasteiger partial charge on any atom is -0.519 e. The lowest BCUT2D eigenvalue weighted by atomic mass is 10.5. The largest absolute Gasteiger partial charge is 0.519 e. The van der Waals surface area contributed by atoms with Gasteiger partial charge in [-0.15, -0.1) is 0 Å². The highest BCUT2D eigenvalue weighted by atomic mass is 32.2. The maximum atomic E-state index is 11.2. The minimum atomic E-state index is -4.08. The molecule has 0 aromatic rings. The van der Waals surface area contributed by atoms with E-state index in [4.69, 9.17) is 8.98 Å². The Labute approximate surface area is 91.7 Å². The van der Waals surface area contributed by atoms with Crippen molar-refractivity contribution in [3.63, 3.8) is 0 Å². The third-order valence-corrected chi connectivity index (χ3v) is 6.59. The summed E-state index contributed by atoms with van der Waals surface area (Å²) in [4.78, 5) is 11.2. The van der Waals surface area contributed by atoms with E-state index >= 15 is 0 Å². The van der Waals surface area contributed by atoms with Gasteiger partial charge in [-0.2, -0.15) is 8.42 Å². The molecule has 0 aliphatic carbocycles. The molecule has 0 aromatic heterocycles. The summed E-state index contributed by atoms with van der Waals surface area (Å²) in [5.74, 6) is -1.13. The number of hydrogen-bond donors (Lipinski definition) is 1. The monoisotopic (exact) mass is 254 g/mol. The van der Waals surface area contributed by atoms with Crippen LogP contribution in [0.15, 0.2) is 0 Å². The Morgan fingerprint density at radius 3 is 2.20 bits per heavy atom. The average molecular weight is 254 g/mol. The highest BCUT2D eigenvalue weighted by molar-refractivity contribution is 7.85. The van der Waals surface area contributed by atoms with E-state index in [1.807, 2.05) is 26.9 Å². The van der Waals surface area contributed by atoms with Gasteiger partial charge in [-0.05, 0) is 18.6 Å². The van der Waals surface area contributed by atoms with Gasteiger partial charge in [-0.25, -0.2) is 0 Å². The first-order valence-corrected chi connectivity index (χ1v) is 9.31. The molecule has 0 saturated carbocycles. The molecule has 0 aliphatic rings. The number of carbonyl (C=O) groups excluding carboxylic acids is 1. The first-order chi connectivity index (χ1) is 6.54. The highest BCUT2D eigenvalue weighted by Gasteiger charge is 2.31. The van der Waals surface area contributed by atoms with Gasteiger partial charge in [0.1, 0.15) is 0 Å². The SMILES string of the molecule is CC(C)[Si](C)(C)OC(=O)CCS(=O)(=O)O. The van der Waals surface area contributed by atoms with Crippen LogP contribution in [0.25, 0.3) is 0 Å². The van der Waals surface area contributed by atoms with Crippen LogP contribution in [0.3, 0.4) is 0 Å². The standard InChI is InChI=1S/C8H18O5SSi/c1-7(2)15(3,4)13-8(9)5-6-14(10,11)12/h7H,5-6H2,1-4H3,(H,10,11,12). The zero-order valence-electron chi connectivity index (χ0n) is 9.48. The van der Waals surface area contributed by atoms with Crippen molar-refractivity contribution in [2.75, 3.05) is 5.75 Å². The molecule has 0 rings (SSSR count). The van der Waals surface area contributed by atoms with E-state index in [0.29, 0.717) is 0 Å². The van der Waals surface area contributed by atoms with Gasteiger partial charge in [0.15, 0.2) is 0 Å². The van der Waals surface area contributed by atoms with E-state index in [2.05, 4.69) is 0 Å². The van der Waals surface area contributed by atoms with Gasteiger partial charge in [0.25, 0.3) is 24.4 Å². The maximum Gasteiger partial charge on any atom is 0.293 e. The molecule has 0 aromatic carbocycles. The van der Waals surface area contributed by atoms with Crippen molar-refractivity contribution < 1.29 is 22.2 Å². The molecule has 7 heteroatoms. The molecular weight excluding hydrogens is 236 g/mol. The van der Waals surface area contributed by atoms with Crippen LogP contribution in [0.5, 0.6) is 0 Å². The molecule has 0 bridgehead atoms. The van der Waals surface area contributed by atoms with Gasteiger partial charge in [-0.1, -0.05) is 13.8 Å². The zero-order chi connectivity index (χ0) is 12.3. The van der Waals surface area contributed by atoms with Crippen LogP contribution in [0.4, 0.5) is 0 Å². The van der Waals surface area contributed by atoms with E-state index in [1.54, 1.807) is 0 Å². The molecular formula is C8H18O5SSi. The van der Waals surface area contributed by atoms with E-state index in [0.717, 1.165) is 0 Å². The Morgan fingerprint density at radius 2 is 1.87 bits per heavy atom. The summed E-state index contributed by atoms with van der Waals surface area (Å²) in [5, 5.41) is 0. The fourth-order valence-electron chi connectivity index (χ4n) is 0.675. The van der Waals surface area contributed by atoms with Crippen LogP contribution in [0.2, 0.25) is 18.6 Å². The van der Waals surface area contributed by atoms with Crippen LogP contribution in [-0.4, -0.2) is 33.0 Å². The number of hydrogen-bond acceptors (Lipinski definition) is 4. The second kappa shape index (κ2) is 5.09. The topological polar surface area (TPSA) is 80.7 Å². The lowest BCUT2D eigenvalue weighted by Gasteiger charge is -2.26. The van der Waals surface area contributed by atoms with E-state index in [-0.39, 0.29) is 12.0 Å². The minimum absolute atomic E-state index is 0.271. The smallest absolute Gasteiger partial charge is 0.293 e. The summed E-state index contributed by atoms with van der Waals surface area (Å²) in [6, 6.07) is 0. The molecule has 0 amide bonds. The molecule has 0 saturated heterocycles. The summed E-state index contributed by atoms with van der Waals surface area (Å²) >= 11 is 0. The molecule has 15 heavy (non-hydrogen) atoms. The molecule has 1 N–H and O–H groups in total.